The Kier molecular flexibility index (Phi) is 7.42. The average molecular weight is 245 g/mol. The maximum Gasteiger partial charge on any atom is 0.292 e. The first-order valence-electron chi connectivity index (χ1n) is 4.50. The summed E-state index contributed by atoms with van der Waals surface area (Å²) in [6, 6.07) is 0. The molecule has 0 bridgehead atoms. The topological polar surface area (TPSA) is 68.7 Å². The fourth-order valence-corrected chi connectivity index (χ4v) is 1.17. The number of hydrogen-bond donors (Lipinski definition) is 1. The average Bonchev–Trinajstić information content (AvgIpc) is 2.30. The van der Waals surface area contributed by atoms with Gasteiger partial charge in [0.15, 0.2) is 0 Å². The molecule has 0 amide bonds. The molecule has 0 radical (unpaired) electrons. The third-order valence-corrected chi connectivity index (χ3v) is 2.10. The van der Waals surface area contributed by atoms with Crippen LogP contribution in [0, 0.1) is 13.8 Å². The Morgan fingerprint density at radius 2 is 2.12 bits per heavy atom. The van der Waals surface area contributed by atoms with Gasteiger partial charge in [0.25, 0.3) is 6.47 Å². The van der Waals surface area contributed by atoms with Crippen molar-refractivity contribution in [1.29, 1.82) is 0 Å². The highest BCUT2D eigenvalue weighted by Gasteiger charge is 2.06. The first kappa shape index (κ1) is 14.8. The summed E-state index contributed by atoms with van der Waals surface area (Å²) < 4.78 is 8.73. The van der Waals surface area contributed by atoms with Gasteiger partial charge in [-0.25, -0.2) is 0 Å². The summed E-state index contributed by atoms with van der Waals surface area (Å²) in [5.74, 6) is 0.259. The molecule has 0 spiro atoms. The Morgan fingerprint density at radius 1 is 1.56 bits per heavy atom. The summed E-state index contributed by atoms with van der Waals surface area (Å²) in [7, 11) is 3.48. The van der Waals surface area contributed by atoms with Crippen molar-refractivity contribution < 1.29 is 19.2 Å². The van der Waals surface area contributed by atoms with Crippen molar-refractivity contribution in [3.05, 3.63) is 23.0 Å². The van der Waals surface area contributed by atoms with Crippen LogP contribution in [-0.4, -0.2) is 23.7 Å². The van der Waals surface area contributed by atoms with Gasteiger partial charge in [0.05, 0.1) is 19.4 Å². The van der Waals surface area contributed by atoms with E-state index in [2.05, 4.69) is 19.2 Å². The lowest BCUT2D eigenvalue weighted by molar-refractivity contribution is -0.126. The molecule has 1 aromatic rings. The van der Waals surface area contributed by atoms with E-state index in [1.165, 1.54) is 7.11 Å². The number of hydrogen-bond acceptors (Lipinski definition) is 5. The predicted molar refractivity (Wildman–Crippen MR) is 62.9 cm³/mol. The van der Waals surface area contributed by atoms with Crippen molar-refractivity contribution in [2.75, 3.05) is 7.11 Å². The van der Waals surface area contributed by atoms with E-state index in [1.807, 2.05) is 6.92 Å². The molecule has 16 heavy (non-hydrogen) atoms. The van der Waals surface area contributed by atoms with Crippen molar-refractivity contribution in [3.8, 4) is 5.75 Å². The molecule has 0 saturated heterocycles. The van der Waals surface area contributed by atoms with Crippen LogP contribution in [0.15, 0.2) is 6.20 Å². The fraction of sp³-hybridized carbons (Fsp3) is 0.400. The Balaban J connectivity index is 0.000000487. The van der Waals surface area contributed by atoms with Gasteiger partial charge in [0.2, 0.25) is 0 Å². The van der Waals surface area contributed by atoms with Gasteiger partial charge < -0.3 is 14.4 Å². The van der Waals surface area contributed by atoms with Gasteiger partial charge in [-0.1, -0.05) is 0 Å². The van der Waals surface area contributed by atoms with Crippen molar-refractivity contribution in [2.45, 2.75) is 20.5 Å². The highest BCUT2D eigenvalue weighted by molar-refractivity contribution is 7.09. The number of ether oxygens (including phenoxy) is 1. The lowest BCUT2D eigenvalue weighted by atomic mass is 10.1. The van der Waals surface area contributed by atoms with Crippen LogP contribution < -0.4 is 0 Å². The maximum absolute atomic E-state index is 9.49. The van der Waals surface area contributed by atoms with Crippen LogP contribution in [0.25, 0.3) is 0 Å². The van der Waals surface area contributed by atoms with Crippen LogP contribution in [-0.2, 0) is 20.7 Å². The molecule has 0 saturated carbocycles. The van der Waals surface area contributed by atoms with Gasteiger partial charge in [-0.15, -0.1) is 0 Å². The number of methoxy groups -OCH3 is 1. The van der Waals surface area contributed by atoms with Gasteiger partial charge >= 0.3 is 0 Å². The molecule has 0 aliphatic rings. The van der Waals surface area contributed by atoms with Crippen LogP contribution in [0.1, 0.15) is 16.8 Å². The van der Waals surface area contributed by atoms with Crippen LogP contribution in [0.2, 0.25) is 0 Å². The quantitative estimate of drug-likeness (QED) is 0.645. The molecule has 0 aliphatic carbocycles. The zero-order valence-electron chi connectivity index (χ0n) is 9.56. The first-order valence-corrected chi connectivity index (χ1v) is 4.97. The van der Waals surface area contributed by atoms with E-state index < -0.39 is 0 Å². The van der Waals surface area contributed by atoms with Gasteiger partial charge in [-0.3, -0.25) is 9.78 Å². The smallest absolute Gasteiger partial charge is 0.292 e. The van der Waals surface area contributed by atoms with Crippen molar-refractivity contribution >= 4 is 15.9 Å². The van der Waals surface area contributed by atoms with E-state index in [1.54, 1.807) is 13.1 Å². The Morgan fingerprint density at radius 3 is 2.56 bits per heavy atom. The number of pyridine rings is 1. The van der Waals surface area contributed by atoms with Gasteiger partial charge in [-0.2, -0.15) is 0 Å². The summed E-state index contributed by atoms with van der Waals surface area (Å²) in [6.07, 6.45) is 1.72. The maximum atomic E-state index is 9.49. The van der Waals surface area contributed by atoms with Crippen molar-refractivity contribution in [1.82, 2.24) is 4.98 Å². The van der Waals surface area contributed by atoms with Crippen molar-refractivity contribution in [3.63, 3.8) is 0 Å². The largest absolute Gasteiger partial charge is 0.506 e. The van der Waals surface area contributed by atoms with Crippen LogP contribution in [0.5, 0.6) is 5.75 Å². The number of carbonyl (C=O) groups is 1. The summed E-state index contributed by atoms with van der Waals surface area (Å²) >= 11 is 0. The molecular weight excluding hydrogens is 229 g/mol. The number of nitrogens with zero attached hydrogens (tertiary/aromatic N) is 1. The molecular formula is C10H16NO4P. The third-order valence-electron chi connectivity index (χ3n) is 1.93. The molecule has 6 heteroatoms. The summed E-state index contributed by atoms with van der Waals surface area (Å²) in [4.78, 5) is 13.0. The Hall–Kier alpha value is -1.19. The monoisotopic (exact) mass is 245 g/mol. The molecule has 5 nitrogen and oxygen atoms in total. The van der Waals surface area contributed by atoms with E-state index in [4.69, 9.17) is 9.32 Å². The second-order valence-electron chi connectivity index (χ2n) is 2.99. The molecule has 0 aromatic carbocycles. The molecule has 0 aliphatic heterocycles. The minimum atomic E-state index is 0.259. The van der Waals surface area contributed by atoms with Crippen LogP contribution in [0.4, 0.5) is 0 Å². The zero-order valence-corrected chi connectivity index (χ0v) is 10.7. The van der Waals surface area contributed by atoms with Crippen LogP contribution in [0.3, 0.4) is 0 Å². The number of aryl methyl sites for hydroxylation is 1. The fourth-order valence-electron chi connectivity index (χ4n) is 0.991. The lowest BCUT2D eigenvalue weighted by Crippen LogP contribution is -1.94. The van der Waals surface area contributed by atoms with Gasteiger partial charge in [0.1, 0.15) is 5.75 Å². The van der Waals surface area contributed by atoms with Crippen LogP contribution >= 0.6 is 9.47 Å². The number of carbonyl (C=O) groups excluding carboxylic acids is 1. The number of aromatic hydroxyl groups is 1. The lowest BCUT2D eigenvalue weighted by Gasteiger charge is -2.07. The summed E-state index contributed by atoms with van der Waals surface area (Å²) in [5, 5.41) is 9.49. The highest BCUT2D eigenvalue weighted by Crippen LogP contribution is 2.22. The normalized spacial score (nSPS) is 9.00. The third kappa shape index (κ3) is 4.55. The second-order valence-corrected chi connectivity index (χ2v) is 3.32. The number of aromatic nitrogens is 1. The van der Waals surface area contributed by atoms with E-state index in [0.29, 0.717) is 18.8 Å². The van der Waals surface area contributed by atoms with E-state index >= 15 is 0 Å². The molecule has 1 atom stereocenters. The molecule has 1 heterocycles. The first-order chi connectivity index (χ1) is 7.58. The minimum Gasteiger partial charge on any atom is -0.506 e. The van der Waals surface area contributed by atoms with E-state index in [0.717, 1.165) is 11.1 Å². The molecule has 1 N–H and O–H groups in total. The SMILES string of the molecule is COC=O.Cc1ncc(COP)c(C)c1O. The molecule has 1 unspecified atom stereocenters. The number of rotatable bonds is 3. The Labute approximate surface area is 97.1 Å². The molecule has 0 fully saturated rings. The van der Waals surface area contributed by atoms with Gasteiger partial charge in [0, 0.05) is 21.2 Å². The van der Waals surface area contributed by atoms with Crippen molar-refractivity contribution in [2.24, 2.45) is 0 Å². The zero-order chi connectivity index (χ0) is 12.6. The summed E-state index contributed by atoms with van der Waals surface area (Å²) in [6.45, 7) is 4.45. The molecule has 90 valence electrons. The van der Waals surface area contributed by atoms with Gasteiger partial charge in [-0.05, 0) is 19.4 Å². The Bertz CT molecular complexity index is 344. The second kappa shape index (κ2) is 8.02. The molecule has 1 rings (SSSR count). The minimum absolute atomic E-state index is 0.259. The highest BCUT2D eigenvalue weighted by atomic mass is 31.0. The summed E-state index contributed by atoms with van der Waals surface area (Å²) in [5.41, 5.74) is 2.40. The molecule has 1 aromatic heterocycles. The van der Waals surface area contributed by atoms with E-state index in [-0.39, 0.29) is 5.75 Å². The standard InChI is InChI=1S/C8H12NO2P.C2H4O2/c1-5-7(4-11-12)3-9-6(2)8(5)10;1-4-2-3/h3,10H,4,12H2,1-2H3;2H,1H3. The van der Waals surface area contributed by atoms with E-state index in [9.17, 15) is 5.11 Å². The predicted octanol–water partition coefficient (Wildman–Crippen LogP) is 1.50.